The van der Waals surface area contributed by atoms with Gasteiger partial charge in [0.25, 0.3) is 6.01 Å². The molecule has 2 aromatic rings. The van der Waals surface area contributed by atoms with Crippen LogP contribution in [0.3, 0.4) is 0 Å². The van der Waals surface area contributed by atoms with Gasteiger partial charge in [-0.15, -0.1) is 0 Å². The molecule has 0 unspecified atom stereocenters. The van der Waals surface area contributed by atoms with Gasteiger partial charge in [0.2, 0.25) is 10.0 Å². The molecule has 6 nitrogen and oxygen atoms in total. The Bertz CT molecular complexity index is 761. The summed E-state index contributed by atoms with van der Waals surface area (Å²) in [6.07, 6.45) is 3.06. The number of piperidine rings is 1. The second kappa shape index (κ2) is 5.89. The highest BCUT2D eigenvalue weighted by molar-refractivity contribution is 7.88. The van der Waals surface area contributed by atoms with Crippen LogP contribution in [0.4, 0.5) is 6.01 Å². The number of sulfonamides is 1. The Hall–Kier alpha value is -1.60. The number of benzene rings is 1. The van der Waals surface area contributed by atoms with Crippen LogP contribution in [-0.4, -0.2) is 39.3 Å². The Morgan fingerprint density at radius 3 is 2.77 bits per heavy atom. The van der Waals surface area contributed by atoms with Gasteiger partial charge in [-0.2, -0.15) is 4.98 Å². The summed E-state index contributed by atoms with van der Waals surface area (Å²) in [4.78, 5) is 6.69. The fraction of sp³-hybridized carbons (Fsp3) is 0.533. The van der Waals surface area contributed by atoms with Crippen LogP contribution in [0.25, 0.3) is 11.1 Å². The molecule has 0 radical (unpaired) electrons. The predicted octanol–water partition coefficient (Wildman–Crippen LogP) is 1.90. The first kappa shape index (κ1) is 15.3. The minimum absolute atomic E-state index is 0.373. The quantitative estimate of drug-likeness (QED) is 0.930. The molecule has 3 rings (SSSR count). The van der Waals surface area contributed by atoms with Crippen molar-refractivity contribution in [2.24, 2.45) is 5.92 Å². The van der Waals surface area contributed by atoms with Gasteiger partial charge >= 0.3 is 0 Å². The van der Waals surface area contributed by atoms with Crippen LogP contribution in [0.5, 0.6) is 0 Å². The molecule has 0 atom stereocenters. The Balaban J connectivity index is 1.62. The fourth-order valence-electron chi connectivity index (χ4n) is 2.76. The topological polar surface area (TPSA) is 75.4 Å². The number of fused-ring (bicyclic) bond motifs is 1. The second-order valence-corrected chi connectivity index (χ2v) is 7.85. The number of hydrogen-bond acceptors (Lipinski definition) is 5. The number of rotatable bonds is 4. The van der Waals surface area contributed by atoms with Crippen LogP contribution in [0.1, 0.15) is 18.4 Å². The molecule has 1 aromatic carbocycles. The van der Waals surface area contributed by atoms with Gasteiger partial charge in [0, 0.05) is 19.6 Å². The van der Waals surface area contributed by atoms with Crippen molar-refractivity contribution in [2.45, 2.75) is 19.8 Å². The van der Waals surface area contributed by atoms with Crippen molar-refractivity contribution in [1.82, 2.24) is 9.71 Å². The van der Waals surface area contributed by atoms with Crippen molar-refractivity contribution in [1.29, 1.82) is 0 Å². The van der Waals surface area contributed by atoms with E-state index in [1.807, 2.05) is 25.1 Å². The van der Waals surface area contributed by atoms with Crippen LogP contribution >= 0.6 is 0 Å². The minimum atomic E-state index is -3.11. The van der Waals surface area contributed by atoms with E-state index in [-0.39, 0.29) is 0 Å². The van der Waals surface area contributed by atoms with Crippen molar-refractivity contribution in [2.75, 3.05) is 30.8 Å². The van der Waals surface area contributed by atoms with Crippen molar-refractivity contribution in [3.05, 3.63) is 23.8 Å². The van der Waals surface area contributed by atoms with Gasteiger partial charge in [0.05, 0.1) is 6.26 Å². The van der Waals surface area contributed by atoms with E-state index < -0.39 is 10.0 Å². The zero-order valence-electron chi connectivity index (χ0n) is 12.9. The van der Waals surface area contributed by atoms with Gasteiger partial charge in [-0.05, 0) is 43.4 Å². The summed E-state index contributed by atoms with van der Waals surface area (Å²) >= 11 is 0. The number of nitrogens with one attached hydrogen (secondary N) is 1. The van der Waals surface area contributed by atoms with Crippen LogP contribution in [-0.2, 0) is 10.0 Å². The maximum absolute atomic E-state index is 11.1. The molecule has 0 spiro atoms. The molecular formula is C15H21N3O3S. The molecule has 0 aliphatic carbocycles. The third-order valence-electron chi connectivity index (χ3n) is 4.05. The fourth-order valence-corrected chi connectivity index (χ4v) is 3.30. The van der Waals surface area contributed by atoms with Crippen molar-refractivity contribution in [3.8, 4) is 0 Å². The Morgan fingerprint density at radius 1 is 1.36 bits per heavy atom. The molecule has 1 aromatic heterocycles. The molecule has 120 valence electrons. The third-order valence-corrected chi connectivity index (χ3v) is 4.74. The highest BCUT2D eigenvalue weighted by Gasteiger charge is 2.23. The summed E-state index contributed by atoms with van der Waals surface area (Å²) in [5, 5.41) is 0. The highest BCUT2D eigenvalue weighted by atomic mass is 32.2. The molecule has 0 bridgehead atoms. The molecule has 1 fully saturated rings. The lowest BCUT2D eigenvalue weighted by molar-refractivity contribution is 0.388. The smallest absolute Gasteiger partial charge is 0.298 e. The van der Waals surface area contributed by atoms with E-state index in [9.17, 15) is 8.42 Å². The first-order chi connectivity index (χ1) is 10.4. The van der Waals surface area contributed by atoms with Crippen LogP contribution in [0, 0.1) is 12.8 Å². The standard InChI is InChI=1S/C15H21N3O3S/c1-11-3-4-14-13(9-11)17-15(21-14)18-7-5-12(6-8-18)10-16-22(2,19)20/h3-4,9,12,16H,5-8,10H2,1-2H3. The minimum Gasteiger partial charge on any atom is -0.423 e. The Kier molecular flexibility index (Phi) is 4.10. The summed E-state index contributed by atoms with van der Waals surface area (Å²) in [5.41, 5.74) is 2.86. The van der Waals surface area contributed by atoms with Crippen molar-refractivity contribution < 1.29 is 12.8 Å². The second-order valence-electron chi connectivity index (χ2n) is 6.02. The van der Waals surface area contributed by atoms with E-state index in [4.69, 9.17) is 4.42 Å². The zero-order valence-corrected chi connectivity index (χ0v) is 13.7. The maximum atomic E-state index is 11.1. The number of oxazole rings is 1. The largest absolute Gasteiger partial charge is 0.423 e. The highest BCUT2D eigenvalue weighted by Crippen LogP contribution is 2.26. The zero-order chi connectivity index (χ0) is 15.7. The first-order valence-electron chi connectivity index (χ1n) is 7.47. The van der Waals surface area contributed by atoms with Crippen LogP contribution in [0.2, 0.25) is 0 Å². The molecule has 0 saturated carbocycles. The normalized spacial score (nSPS) is 17.3. The lowest BCUT2D eigenvalue weighted by Gasteiger charge is -2.30. The lowest BCUT2D eigenvalue weighted by atomic mass is 9.97. The predicted molar refractivity (Wildman–Crippen MR) is 86.5 cm³/mol. The summed E-state index contributed by atoms with van der Waals surface area (Å²) in [6, 6.07) is 6.64. The summed E-state index contributed by atoms with van der Waals surface area (Å²) in [6.45, 7) is 4.22. The van der Waals surface area contributed by atoms with Crippen molar-refractivity contribution >= 4 is 27.1 Å². The molecule has 7 heteroatoms. The number of nitrogens with zero attached hydrogens (tertiary/aromatic N) is 2. The Morgan fingerprint density at radius 2 is 2.09 bits per heavy atom. The molecule has 0 amide bonds. The monoisotopic (exact) mass is 323 g/mol. The summed E-state index contributed by atoms with van der Waals surface area (Å²) in [5.74, 6) is 0.373. The number of anilines is 1. The van der Waals surface area contributed by atoms with Gasteiger partial charge in [0.15, 0.2) is 5.58 Å². The van der Waals surface area contributed by atoms with E-state index in [1.54, 1.807) is 0 Å². The van der Waals surface area contributed by atoms with Crippen molar-refractivity contribution in [3.63, 3.8) is 0 Å². The van der Waals surface area contributed by atoms with E-state index in [2.05, 4.69) is 14.6 Å². The third kappa shape index (κ3) is 3.59. The Labute approximate surface area is 130 Å². The molecular weight excluding hydrogens is 302 g/mol. The van der Waals surface area contributed by atoms with E-state index in [0.717, 1.165) is 42.6 Å². The number of aromatic nitrogens is 1. The molecule has 1 N–H and O–H groups in total. The van der Waals surface area contributed by atoms with Gasteiger partial charge in [0.1, 0.15) is 5.52 Å². The molecule has 1 aliphatic rings. The van der Waals surface area contributed by atoms with E-state index in [0.29, 0.717) is 18.5 Å². The van der Waals surface area contributed by atoms with Gasteiger partial charge in [-0.1, -0.05) is 6.07 Å². The van der Waals surface area contributed by atoms with Crippen LogP contribution < -0.4 is 9.62 Å². The summed E-state index contributed by atoms with van der Waals surface area (Å²) < 4.78 is 30.7. The lowest BCUT2D eigenvalue weighted by Crippen LogP contribution is -2.38. The van der Waals surface area contributed by atoms with Gasteiger partial charge in [-0.25, -0.2) is 13.1 Å². The molecule has 1 aliphatic heterocycles. The number of hydrogen-bond donors (Lipinski definition) is 1. The molecule has 2 heterocycles. The molecule has 1 saturated heterocycles. The SMILES string of the molecule is Cc1ccc2oc(N3CCC(CNS(C)(=O)=O)CC3)nc2c1. The van der Waals surface area contributed by atoms with Crippen LogP contribution in [0.15, 0.2) is 22.6 Å². The average molecular weight is 323 g/mol. The first-order valence-corrected chi connectivity index (χ1v) is 9.36. The van der Waals surface area contributed by atoms with E-state index in [1.165, 1.54) is 6.26 Å². The maximum Gasteiger partial charge on any atom is 0.298 e. The average Bonchev–Trinajstić information content (AvgIpc) is 2.88. The van der Waals surface area contributed by atoms with Gasteiger partial charge in [-0.3, -0.25) is 0 Å². The molecule has 22 heavy (non-hydrogen) atoms. The number of aryl methyl sites for hydroxylation is 1. The van der Waals surface area contributed by atoms with Gasteiger partial charge < -0.3 is 9.32 Å². The van der Waals surface area contributed by atoms with E-state index >= 15 is 0 Å². The summed E-state index contributed by atoms with van der Waals surface area (Å²) in [7, 11) is -3.11.